The zero-order valence-electron chi connectivity index (χ0n) is 9.71. The lowest BCUT2D eigenvalue weighted by Crippen LogP contribution is -2.62. The summed E-state index contributed by atoms with van der Waals surface area (Å²) in [6.45, 7) is 0. The van der Waals surface area contributed by atoms with Crippen LogP contribution in [0, 0.1) is 0 Å². The topological polar surface area (TPSA) is 214 Å². The van der Waals surface area contributed by atoms with E-state index >= 15 is 0 Å². The van der Waals surface area contributed by atoms with Crippen molar-refractivity contribution in [2.24, 2.45) is 0 Å². The van der Waals surface area contributed by atoms with Crippen LogP contribution in [0.15, 0.2) is 0 Å². The highest BCUT2D eigenvalue weighted by molar-refractivity contribution is 7.81. The highest BCUT2D eigenvalue weighted by Gasteiger charge is 2.52. The van der Waals surface area contributed by atoms with Crippen LogP contribution in [-0.2, 0) is 38.7 Å². The fraction of sp³-hybridized carbons (Fsp3) is 0.833. The van der Waals surface area contributed by atoms with Crippen LogP contribution in [0.2, 0.25) is 0 Å². The summed E-state index contributed by atoms with van der Waals surface area (Å²) in [6.07, 6.45) is -11.8. The summed E-state index contributed by atoms with van der Waals surface area (Å²) in [5.74, 6) is -1.85. The van der Waals surface area contributed by atoms with Crippen LogP contribution in [0.5, 0.6) is 0 Å². The summed E-state index contributed by atoms with van der Waals surface area (Å²) < 4.78 is 71.4. The first kappa shape index (κ1) is 18.1. The molecule has 0 amide bonds. The summed E-state index contributed by atoms with van der Waals surface area (Å²) >= 11 is 0. The van der Waals surface area contributed by atoms with Gasteiger partial charge in [0.25, 0.3) is 0 Å². The molecule has 0 radical (unpaired) electrons. The Morgan fingerprint density at radius 1 is 0.952 bits per heavy atom. The van der Waals surface area contributed by atoms with Crippen LogP contribution in [-0.4, -0.2) is 77.9 Å². The molecule has 0 bridgehead atoms. The number of aliphatic hydroxyl groups is 2. The van der Waals surface area contributed by atoms with Crippen LogP contribution >= 0.6 is 0 Å². The van der Waals surface area contributed by atoms with Crippen LogP contribution in [0.1, 0.15) is 0 Å². The molecular weight excluding hydrogens is 344 g/mol. The molecule has 21 heavy (non-hydrogen) atoms. The van der Waals surface area contributed by atoms with Crippen molar-refractivity contribution in [2.45, 2.75) is 30.7 Å². The van der Waals surface area contributed by atoms with E-state index in [1.807, 2.05) is 0 Å². The molecule has 1 fully saturated rings. The van der Waals surface area contributed by atoms with Gasteiger partial charge >= 0.3 is 26.8 Å². The van der Waals surface area contributed by atoms with Gasteiger partial charge in [0, 0.05) is 0 Å². The fourth-order valence-electron chi connectivity index (χ4n) is 1.54. The molecule has 124 valence electrons. The molecule has 0 aliphatic carbocycles. The van der Waals surface area contributed by atoms with Crippen molar-refractivity contribution in [3.8, 4) is 0 Å². The van der Waals surface area contributed by atoms with Crippen molar-refractivity contribution < 1.29 is 59.2 Å². The Hall–Kier alpha value is -0.910. The highest BCUT2D eigenvalue weighted by Crippen LogP contribution is 2.27. The first-order valence-corrected chi connectivity index (χ1v) is 7.60. The average Bonchev–Trinajstić information content (AvgIpc) is 2.24. The Morgan fingerprint density at radius 2 is 1.38 bits per heavy atom. The molecule has 0 spiro atoms. The van der Waals surface area contributed by atoms with E-state index in [2.05, 4.69) is 13.1 Å². The molecule has 0 aromatic rings. The number of ether oxygens (including phenoxy) is 1. The number of aliphatic carboxylic acids is 1. The van der Waals surface area contributed by atoms with Crippen molar-refractivity contribution in [3.63, 3.8) is 0 Å². The maximum atomic E-state index is 10.7. The van der Waals surface area contributed by atoms with Crippen molar-refractivity contribution in [1.82, 2.24) is 0 Å². The Morgan fingerprint density at radius 3 is 1.76 bits per heavy atom. The Balaban J connectivity index is 3.17. The molecule has 0 saturated carbocycles. The van der Waals surface area contributed by atoms with E-state index in [-0.39, 0.29) is 0 Å². The molecule has 0 aromatic heterocycles. The standard InChI is InChI=1S/C6H10O13S2/c7-1-2(18-20(11,12)13)4(19-21(14,15)16)6(10)17-3(1)5(8)9/h1-4,6-7,10H,(H,8,9)(H,11,12,13)(H,14,15,16)/t1-,2-,3+,4+,6+/m0/s1. The molecule has 1 saturated heterocycles. The monoisotopic (exact) mass is 354 g/mol. The third kappa shape index (κ3) is 5.09. The highest BCUT2D eigenvalue weighted by atomic mass is 32.3. The second-order valence-electron chi connectivity index (χ2n) is 3.75. The van der Waals surface area contributed by atoms with E-state index < -0.39 is 57.5 Å². The van der Waals surface area contributed by atoms with Gasteiger partial charge in [-0.25, -0.2) is 13.2 Å². The van der Waals surface area contributed by atoms with Crippen LogP contribution < -0.4 is 0 Å². The van der Waals surface area contributed by atoms with Crippen LogP contribution in [0.4, 0.5) is 0 Å². The van der Waals surface area contributed by atoms with Gasteiger partial charge in [0.1, 0.15) is 12.2 Å². The SMILES string of the molecule is O=C(O)[C@@H]1O[C@@H](O)[C@H](OS(=O)(=O)O)[C@@H](OS(=O)(=O)O)[C@@H]1O. The Labute approximate surface area is 117 Å². The van der Waals surface area contributed by atoms with Gasteiger partial charge in [0.2, 0.25) is 0 Å². The second kappa shape index (κ2) is 6.07. The Kier molecular flexibility index (Phi) is 5.24. The maximum absolute atomic E-state index is 10.7. The molecule has 15 heteroatoms. The third-order valence-electron chi connectivity index (χ3n) is 2.25. The fourth-order valence-corrected chi connectivity index (χ4v) is 2.53. The predicted octanol–water partition coefficient (Wildman–Crippen LogP) is -3.47. The lowest BCUT2D eigenvalue weighted by molar-refractivity contribution is -0.269. The largest absolute Gasteiger partial charge is 0.479 e. The van der Waals surface area contributed by atoms with Gasteiger partial charge in [-0.05, 0) is 0 Å². The molecular formula is C6H10O13S2. The molecule has 13 nitrogen and oxygen atoms in total. The zero-order chi connectivity index (χ0) is 16.6. The van der Waals surface area contributed by atoms with E-state index in [0.717, 1.165) is 0 Å². The van der Waals surface area contributed by atoms with E-state index in [0.29, 0.717) is 0 Å². The zero-order valence-corrected chi connectivity index (χ0v) is 11.3. The third-order valence-corrected chi connectivity index (χ3v) is 3.18. The quantitative estimate of drug-likeness (QED) is 0.304. The normalized spacial score (nSPS) is 34.6. The summed E-state index contributed by atoms with van der Waals surface area (Å²) in [5.41, 5.74) is 0. The van der Waals surface area contributed by atoms with Crippen molar-refractivity contribution in [2.75, 3.05) is 0 Å². The number of hydrogen-bond donors (Lipinski definition) is 5. The minimum atomic E-state index is -5.29. The number of rotatable bonds is 5. The van der Waals surface area contributed by atoms with E-state index in [1.165, 1.54) is 0 Å². The number of aliphatic hydroxyl groups excluding tert-OH is 2. The molecule has 5 atom stereocenters. The smallest absolute Gasteiger partial charge is 0.397 e. The summed E-state index contributed by atoms with van der Waals surface area (Å²) in [4.78, 5) is 10.7. The van der Waals surface area contributed by atoms with E-state index in [1.54, 1.807) is 0 Å². The number of hydrogen-bond acceptors (Lipinski definition) is 10. The van der Waals surface area contributed by atoms with Gasteiger partial charge < -0.3 is 20.1 Å². The van der Waals surface area contributed by atoms with Gasteiger partial charge in [-0.2, -0.15) is 16.8 Å². The minimum absolute atomic E-state index is 1.85. The van der Waals surface area contributed by atoms with Gasteiger partial charge in [0.05, 0.1) is 0 Å². The van der Waals surface area contributed by atoms with Gasteiger partial charge in [0.15, 0.2) is 18.5 Å². The van der Waals surface area contributed by atoms with Gasteiger partial charge in [-0.3, -0.25) is 9.11 Å². The molecule has 1 aliphatic rings. The Bertz CT molecular complexity index is 592. The number of carboxylic acids is 1. The van der Waals surface area contributed by atoms with Gasteiger partial charge in [-0.15, -0.1) is 0 Å². The van der Waals surface area contributed by atoms with Gasteiger partial charge in [-0.1, -0.05) is 0 Å². The molecule has 1 heterocycles. The van der Waals surface area contributed by atoms with Crippen LogP contribution in [0.3, 0.4) is 0 Å². The van der Waals surface area contributed by atoms with Crippen molar-refractivity contribution >= 4 is 26.8 Å². The summed E-state index contributed by atoms with van der Waals surface area (Å²) in [5, 5.41) is 27.6. The molecule has 0 unspecified atom stereocenters. The van der Waals surface area contributed by atoms with E-state index in [4.69, 9.17) is 14.2 Å². The first-order valence-electron chi connectivity index (χ1n) is 4.87. The molecule has 5 N–H and O–H groups in total. The minimum Gasteiger partial charge on any atom is -0.479 e. The van der Waals surface area contributed by atoms with Crippen molar-refractivity contribution in [3.05, 3.63) is 0 Å². The molecule has 1 rings (SSSR count). The average molecular weight is 354 g/mol. The predicted molar refractivity (Wildman–Crippen MR) is 57.4 cm³/mol. The molecule has 1 aliphatic heterocycles. The number of carboxylic acid groups (broad SMARTS) is 1. The van der Waals surface area contributed by atoms with E-state index in [9.17, 15) is 31.8 Å². The van der Waals surface area contributed by atoms with Crippen LogP contribution in [0.25, 0.3) is 0 Å². The second-order valence-corrected chi connectivity index (χ2v) is 5.85. The summed E-state index contributed by atoms with van der Waals surface area (Å²) in [6, 6.07) is 0. The van der Waals surface area contributed by atoms with Crippen molar-refractivity contribution in [1.29, 1.82) is 0 Å². The maximum Gasteiger partial charge on any atom is 0.397 e. The first-order chi connectivity index (χ1) is 9.32. The lowest BCUT2D eigenvalue weighted by Gasteiger charge is -2.38. The number of carbonyl (C=O) groups is 1. The summed E-state index contributed by atoms with van der Waals surface area (Å²) in [7, 11) is -10.6. The lowest BCUT2D eigenvalue weighted by atomic mass is 9.99. The molecule has 0 aromatic carbocycles.